The maximum Gasteiger partial charge on any atom is 0.0815 e. The molecule has 0 aromatic heterocycles. The van der Waals surface area contributed by atoms with Crippen LogP contribution in [0.4, 0.5) is 0 Å². The molecule has 2 nitrogen and oxygen atoms in total. The summed E-state index contributed by atoms with van der Waals surface area (Å²) in [6, 6.07) is 0. The van der Waals surface area contributed by atoms with Crippen LogP contribution in [-0.2, 0) is 0 Å². The van der Waals surface area contributed by atoms with Gasteiger partial charge >= 0.3 is 0 Å². The first-order valence-corrected chi connectivity index (χ1v) is 3.37. The Hall–Kier alpha value is 0.390. The lowest BCUT2D eigenvalue weighted by Crippen LogP contribution is -2.10. The molecule has 0 heterocycles. The standard InChI is InChI=1S/C5H9IO2/c1-4(6)2-5(8)3-7/h5,7-8H,1-3H2. The van der Waals surface area contributed by atoms with Gasteiger partial charge in [0.05, 0.1) is 12.7 Å². The zero-order valence-electron chi connectivity index (χ0n) is 4.47. The third-order valence-corrected chi connectivity index (χ3v) is 1.11. The molecule has 8 heavy (non-hydrogen) atoms. The van der Waals surface area contributed by atoms with Gasteiger partial charge < -0.3 is 10.2 Å². The maximum absolute atomic E-state index is 8.71. The molecule has 1 unspecified atom stereocenters. The van der Waals surface area contributed by atoms with Gasteiger partial charge in [-0.2, -0.15) is 0 Å². The van der Waals surface area contributed by atoms with Crippen LogP contribution in [0.5, 0.6) is 0 Å². The number of hydrogen-bond donors (Lipinski definition) is 2. The van der Waals surface area contributed by atoms with E-state index in [2.05, 4.69) is 6.58 Å². The molecule has 0 saturated heterocycles. The van der Waals surface area contributed by atoms with Crippen molar-refractivity contribution in [2.45, 2.75) is 12.5 Å². The van der Waals surface area contributed by atoms with Crippen LogP contribution < -0.4 is 0 Å². The van der Waals surface area contributed by atoms with Crippen LogP contribution in [0.2, 0.25) is 0 Å². The highest BCUT2D eigenvalue weighted by Gasteiger charge is 2.00. The van der Waals surface area contributed by atoms with E-state index < -0.39 is 6.10 Å². The number of halogens is 1. The van der Waals surface area contributed by atoms with Gasteiger partial charge in [-0.3, -0.25) is 0 Å². The second-order valence-electron chi connectivity index (χ2n) is 1.56. The minimum atomic E-state index is -0.626. The van der Waals surface area contributed by atoms with Crippen LogP contribution in [0, 0.1) is 0 Å². The lowest BCUT2D eigenvalue weighted by atomic mass is 10.3. The quantitative estimate of drug-likeness (QED) is 0.697. The normalized spacial score (nSPS) is 13.4. The maximum atomic E-state index is 8.71. The van der Waals surface area contributed by atoms with E-state index in [0.29, 0.717) is 6.42 Å². The van der Waals surface area contributed by atoms with Crippen molar-refractivity contribution < 1.29 is 10.2 Å². The summed E-state index contributed by atoms with van der Waals surface area (Å²) >= 11 is 2.02. The molecule has 0 spiro atoms. The molecule has 0 fully saturated rings. The molecule has 0 aromatic carbocycles. The van der Waals surface area contributed by atoms with Crippen molar-refractivity contribution in [3.05, 3.63) is 10.2 Å². The van der Waals surface area contributed by atoms with Gasteiger partial charge in [0.2, 0.25) is 0 Å². The van der Waals surface area contributed by atoms with E-state index in [1.165, 1.54) is 0 Å². The minimum Gasteiger partial charge on any atom is -0.394 e. The van der Waals surface area contributed by atoms with Gasteiger partial charge in [-0.05, 0) is 26.2 Å². The molecule has 3 heteroatoms. The van der Waals surface area contributed by atoms with Crippen LogP contribution in [0.25, 0.3) is 0 Å². The zero-order valence-corrected chi connectivity index (χ0v) is 6.63. The van der Waals surface area contributed by atoms with Crippen LogP contribution in [0.3, 0.4) is 0 Å². The first kappa shape index (κ1) is 8.39. The summed E-state index contributed by atoms with van der Waals surface area (Å²) in [5, 5.41) is 17.0. The molecule has 0 amide bonds. The highest BCUT2D eigenvalue weighted by molar-refractivity contribution is 14.1. The molecular weight excluding hydrogens is 219 g/mol. The summed E-state index contributed by atoms with van der Waals surface area (Å²) in [6.07, 6.45) is -0.142. The summed E-state index contributed by atoms with van der Waals surface area (Å²) in [5.74, 6) is 0. The molecular formula is C5H9IO2. The predicted octanol–water partition coefficient (Wildman–Crippen LogP) is 0.678. The second-order valence-corrected chi connectivity index (χ2v) is 3.08. The Morgan fingerprint density at radius 2 is 2.25 bits per heavy atom. The Morgan fingerprint density at radius 3 is 2.38 bits per heavy atom. The van der Waals surface area contributed by atoms with Crippen molar-refractivity contribution in [2.24, 2.45) is 0 Å². The minimum absolute atomic E-state index is 0.179. The fourth-order valence-electron chi connectivity index (χ4n) is 0.320. The summed E-state index contributed by atoms with van der Waals surface area (Å²) in [4.78, 5) is 0. The van der Waals surface area contributed by atoms with Crippen molar-refractivity contribution in [1.29, 1.82) is 0 Å². The van der Waals surface area contributed by atoms with E-state index in [0.717, 1.165) is 3.58 Å². The summed E-state index contributed by atoms with van der Waals surface area (Å²) < 4.78 is 0.865. The molecule has 0 aromatic rings. The van der Waals surface area contributed by atoms with Gasteiger partial charge in [0, 0.05) is 6.42 Å². The average molecular weight is 228 g/mol. The first-order valence-electron chi connectivity index (χ1n) is 2.29. The predicted molar refractivity (Wildman–Crippen MR) is 40.9 cm³/mol. The van der Waals surface area contributed by atoms with Crippen molar-refractivity contribution >= 4 is 22.6 Å². The Kier molecular flexibility index (Phi) is 4.50. The molecule has 0 bridgehead atoms. The summed E-state index contributed by atoms with van der Waals surface area (Å²) in [7, 11) is 0. The monoisotopic (exact) mass is 228 g/mol. The Labute approximate surface area is 62.4 Å². The van der Waals surface area contributed by atoms with Gasteiger partial charge in [-0.25, -0.2) is 0 Å². The fourth-order valence-corrected chi connectivity index (χ4v) is 0.829. The van der Waals surface area contributed by atoms with Gasteiger partial charge in [0.15, 0.2) is 0 Å². The van der Waals surface area contributed by atoms with E-state index in [9.17, 15) is 0 Å². The summed E-state index contributed by atoms with van der Waals surface area (Å²) in [5.41, 5.74) is 0. The third-order valence-electron chi connectivity index (χ3n) is 0.668. The van der Waals surface area contributed by atoms with Gasteiger partial charge in [0.25, 0.3) is 0 Å². The van der Waals surface area contributed by atoms with E-state index in [4.69, 9.17) is 10.2 Å². The molecule has 0 radical (unpaired) electrons. The number of aliphatic hydroxyl groups excluding tert-OH is 2. The number of hydrogen-bond acceptors (Lipinski definition) is 2. The topological polar surface area (TPSA) is 40.5 Å². The van der Waals surface area contributed by atoms with Crippen molar-refractivity contribution in [1.82, 2.24) is 0 Å². The van der Waals surface area contributed by atoms with E-state index in [1.54, 1.807) is 0 Å². The lowest BCUT2D eigenvalue weighted by Gasteiger charge is -2.02. The first-order chi connectivity index (χ1) is 3.66. The van der Waals surface area contributed by atoms with Gasteiger partial charge in [-0.15, -0.1) is 0 Å². The number of aliphatic hydroxyl groups is 2. The summed E-state index contributed by atoms with van der Waals surface area (Å²) in [6.45, 7) is 3.38. The zero-order chi connectivity index (χ0) is 6.57. The smallest absolute Gasteiger partial charge is 0.0815 e. The molecule has 2 N–H and O–H groups in total. The molecule has 0 aliphatic carbocycles. The van der Waals surface area contributed by atoms with Crippen molar-refractivity contribution in [3.8, 4) is 0 Å². The highest BCUT2D eigenvalue weighted by atomic mass is 127. The largest absolute Gasteiger partial charge is 0.394 e. The van der Waals surface area contributed by atoms with Crippen LogP contribution in [-0.4, -0.2) is 22.9 Å². The second kappa shape index (κ2) is 4.29. The highest BCUT2D eigenvalue weighted by Crippen LogP contribution is 2.09. The molecule has 0 aliphatic heterocycles. The SMILES string of the molecule is C=C(I)CC(O)CO. The fraction of sp³-hybridized carbons (Fsp3) is 0.600. The third kappa shape index (κ3) is 4.55. The Balaban J connectivity index is 3.24. The Morgan fingerprint density at radius 1 is 1.75 bits per heavy atom. The van der Waals surface area contributed by atoms with Gasteiger partial charge in [0.1, 0.15) is 0 Å². The van der Waals surface area contributed by atoms with E-state index in [-0.39, 0.29) is 6.61 Å². The average Bonchev–Trinajstić information content (AvgIpc) is 1.65. The molecule has 1 atom stereocenters. The Bertz CT molecular complexity index is 82.5. The van der Waals surface area contributed by atoms with E-state index >= 15 is 0 Å². The molecule has 0 aliphatic rings. The van der Waals surface area contributed by atoms with E-state index in [1.807, 2.05) is 22.6 Å². The van der Waals surface area contributed by atoms with Gasteiger partial charge in [-0.1, -0.05) is 6.58 Å². The lowest BCUT2D eigenvalue weighted by molar-refractivity contribution is 0.0973. The van der Waals surface area contributed by atoms with Crippen LogP contribution in [0.15, 0.2) is 10.2 Å². The molecule has 0 saturated carbocycles. The van der Waals surface area contributed by atoms with Crippen LogP contribution >= 0.6 is 22.6 Å². The van der Waals surface area contributed by atoms with Crippen molar-refractivity contribution in [2.75, 3.05) is 6.61 Å². The molecule has 48 valence electrons. The molecule has 0 rings (SSSR count). The van der Waals surface area contributed by atoms with Crippen LogP contribution in [0.1, 0.15) is 6.42 Å². The number of rotatable bonds is 3. The van der Waals surface area contributed by atoms with Crippen molar-refractivity contribution in [3.63, 3.8) is 0 Å².